The SMILES string of the molecule is c1ccc(-c2cccc3c2oc2c(N(c4cccc(-c5cccc6sc7ccccc7c56)c4)c4ccc5c(c4)oc4ccccc45)cccc23)cc1. The lowest BCUT2D eigenvalue weighted by Crippen LogP contribution is -2.10. The second-order valence-corrected chi connectivity index (χ2v) is 14.3. The number of thiophene rings is 1. The fourth-order valence-corrected chi connectivity index (χ4v) is 9.07. The van der Waals surface area contributed by atoms with Crippen LogP contribution in [0.5, 0.6) is 0 Å². The van der Waals surface area contributed by atoms with Gasteiger partial charge in [-0.3, -0.25) is 0 Å². The molecule has 0 aliphatic carbocycles. The quantitative estimate of drug-likeness (QED) is 0.181. The van der Waals surface area contributed by atoms with Crippen LogP contribution in [0.3, 0.4) is 0 Å². The minimum absolute atomic E-state index is 0.835. The highest BCUT2D eigenvalue weighted by molar-refractivity contribution is 7.25. The van der Waals surface area contributed by atoms with Gasteiger partial charge in [-0.2, -0.15) is 0 Å². The van der Waals surface area contributed by atoms with Crippen molar-refractivity contribution in [1.82, 2.24) is 0 Å². The summed E-state index contributed by atoms with van der Waals surface area (Å²) in [6.45, 7) is 0. The molecule has 0 bridgehead atoms. The van der Waals surface area contributed by atoms with Crippen molar-refractivity contribution in [3.63, 3.8) is 0 Å². The average molecular weight is 684 g/mol. The van der Waals surface area contributed by atoms with Gasteiger partial charge in [0.25, 0.3) is 0 Å². The number of anilines is 3. The molecule has 0 unspecified atom stereocenters. The number of para-hydroxylation sites is 3. The summed E-state index contributed by atoms with van der Waals surface area (Å²) >= 11 is 1.85. The molecular weight excluding hydrogens is 655 g/mol. The molecule has 3 heterocycles. The molecule has 0 saturated carbocycles. The molecule has 52 heavy (non-hydrogen) atoms. The molecule has 0 aliphatic rings. The van der Waals surface area contributed by atoms with Crippen LogP contribution in [-0.4, -0.2) is 0 Å². The molecule has 0 saturated heterocycles. The van der Waals surface area contributed by atoms with Crippen LogP contribution >= 0.6 is 11.3 Å². The van der Waals surface area contributed by atoms with E-state index < -0.39 is 0 Å². The Morgan fingerprint density at radius 2 is 1.04 bits per heavy atom. The van der Waals surface area contributed by atoms with E-state index >= 15 is 0 Å². The lowest BCUT2D eigenvalue weighted by molar-refractivity contribution is 0.668. The van der Waals surface area contributed by atoms with Crippen LogP contribution in [0.1, 0.15) is 0 Å². The topological polar surface area (TPSA) is 29.5 Å². The second-order valence-electron chi connectivity index (χ2n) is 13.2. The van der Waals surface area contributed by atoms with Crippen LogP contribution in [0.25, 0.3) is 86.3 Å². The molecule has 0 amide bonds. The zero-order chi connectivity index (χ0) is 34.2. The molecule has 0 aliphatic heterocycles. The van der Waals surface area contributed by atoms with Gasteiger partial charge in [0, 0.05) is 59.0 Å². The van der Waals surface area contributed by atoms with Crippen molar-refractivity contribution in [1.29, 1.82) is 0 Å². The lowest BCUT2D eigenvalue weighted by Gasteiger charge is -2.26. The zero-order valence-electron chi connectivity index (χ0n) is 27.9. The Balaban J connectivity index is 1.16. The van der Waals surface area contributed by atoms with E-state index in [1.807, 2.05) is 29.5 Å². The van der Waals surface area contributed by atoms with Gasteiger partial charge in [0.2, 0.25) is 0 Å². The van der Waals surface area contributed by atoms with Crippen molar-refractivity contribution in [2.45, 2.75) is 0 Å². The number of benzene rings is 8. The van der Waals surface area contributed by atoms with Gasteiger partial charge in [0.05, 0.1) is 11.4 Å². The van der Waals surface area contributed by atoms with Crippen LogP contribution in [-0.2, 0) is 0 Å². The molecule has 11 aromatic rings. The number of fused-ring (bicyclic) bond motifs is 9. The zero-order valence-corrected chi connectivity index (χ0v) is 28.7. The molecule has 3 nitrogen and oxygen atoms in total. The van der Waals surface area contributed by atoms with Gasteiger partial charge in [-0.25, -0.2) is 0 Å². The minimum Gasteiger partial charge on any atom is -0.456 e. The first-order chi connectivity index (χ1) is 25.8. The number of hydrogen-bond donors (Lipinski definition) is 0. The number of hydrogen-bond acceptors (Lipinski definition) is 4. The van der Waals surface area contributed by atoms with Gasteiger partial charge in [0.15, 0.2) is 5.58 Å². The third kappa shape index (κ3) is 4.45. The Morgan fingerprint density at radius 3 is 1.96 bits per heavy atom. The summed E-state index contributed by atoms with van der Waals surface area (Å²) in [5.41, 5.74) is 11.0. The Hall–Kier alpha value is -6.62. The maximum atomic E-state index is 6.98. The molecule has 0 N–H and O–H groups in total. The number of furan rings is 2. The average Bonchev–Trinajstić information content (AvgIpc) is 3.90. The van der Waals surface area contributed by atoms with E-state index in [-0.39, 0.29) is 0 Å². The summed E-state index contributed by atoms with van der Waals surface area (Å²) < 4.78 is 16.0. The highest BCUT2D eigenvalue weighted by atomic mass is 32.1. The monoisotopic (exact) mass is 683 g/mol. The van der Waals surface area contributed by atoms with E-state index in [0.717, 1.165) is 77.6 Å². The largest absolute Gasteiger partial charge is 0.456 e. The normalized spacial score (nSPS) is 11.8. The van der Waals surface area contributed by atoms with Crippen molar-refractivity contribution < 1.29 is 8.83 Å². The summed E-state index contributed by atoms with van der Waals surface area (Å²) in [7, 11) is 0. The molecule has 11 rings (SSSR count). The van der Waals surface area contributed by atoms with Gasteiger partial charge in [0.1, 0.15) is 16.7 Å². The Labute approximate surface area is 303 Å². The molecule has 3 aromatic heterocycles. The Kier molecular flexibility index (Phi) is 6.42. The van der Waals surface area contributed by atoms with Crippen molar-refractivity contribution >= 4 is 92.4 Å². The lowest BCUT2D eigenvalue weighted by atomic mass is 9.98. The summed E-state index contributed by atoms with van der Waals surface area (Å²) in [4.78, 5) is 2.31. The minimum atomic E-state index is 0.835. The fraction of sp³-hybridized carbons (Fsp3) is 0. The van der Waals surface area contributed by atoms with E-state index in [1.54, 1.807) is 0 Å². The van der Waals surface area contributed by atoms with Gasteiger partial charge >= 0.3 is 0 Å². The molecule has 0 atom stereocenters. The van der Waals surface area contributed by atoms with Crippen LogP contribution in [0.2, 0.25) is 0 Å². The highest BCUT2D eigenvalue weighted by Crippen LogP contribution is 2.47. The van der Waals surface area contributed by atoms with Crippen LogP contribution in [0.15, 0.2) is 185 Å². The summed E-state index contributed by atoms with van der Waals surface area (Å²) in [6.07, 6.45) is 0. The summed E-state index contributed by atoms with van der Waals surface area (Å²) in [6, 6.07) is 62.4. The van der Waals surface area contributed by atoms with Gasteiger partial charge in [-0.15, -0.1) is 11.3 Å². The van der Waals surface area contributed by atoms with Crippen molar-refractivity contribution in [2.75, 3.05) is 4.90 Å². The summed E-state index contributed by atoms with van der Waals surface area (Å²) in [5, 5.41) is 6.96. The summed E-state index contributed by atoms with van der Waals surface area (Å²) in [5.74, 6) is 0. The van der Waals surface area contributed by atoms with E-state index in [0.29, 0.717) is 0 Å². The third-order valence-corrected chi connectivity index (χ3v) is 11.4. The van der Waals surface area contributed by atoms with Crippen molar-refractivity contribution in [3.8, 4) is 22.3 Å². The van der Waals surface area contributed by atoms with E-state index in [2.05, 4.69) is 163 Å². The van der Waals surface area contributed by atoms with Crippen LogP contribution < -0.4 is 4.90 Å². The maximum Gasteiger partial charge on any atom is 0.159 e. The molecule has 4 heteroatoms. The molecule has 8 aromatic carbocycles. The first kappa shape index (κ1) is 29.1. The van der Waals surface area contributed by atoms with Crippen LogP contribution in [0, 0.1) is 0 Å². The smallest absolute Gasteiger partial charge is 0.159 e. The Bertz CT molecular complexity index is 3150. The Morgan fingerprint density at radius 1 is 0.385 bits per heavy atom. The predicted molar refractivity (Wildman–Crippen MR) is 219 cm³/mol. The first-order valence-electron chi connectivity index (χ1n) is 17.5. The van der Waals surface area contributed by atoms with E-state index in [4.69, 9.17) is 8.83 Å². The standard InChI is InChI=1S/C48H29NO2S/c1-2-12-30(13-3-1)35-19-9-20-38-39-21-10-22-41(48(39)51-47(35)38)49(33-26-27-37-36-16-4-6-23-42(36)50-43(37)29-33)32-15-8-14-31(28-32)34-18-11-25-45-46(34)40-17-5-7-24-44(40)52-45/h1-29H. The second kappa shape index (κ2) is 11.5. The van der Waals surface area contributed by atoms with E-state index in [1.165, 1.54) is 25.7 Å². The highest BCUT2D eigenvalue weighted by Gasteiger charge is 2.22. The first-order valence-corrected chi connectivity index (χ1v) is 18.3. The molecule has 0 fully saturated rings. The number of nitrogens with zero attached hydrogens (tertiary/aromatic N) is 1. The molecule has 0 radical (unpaired) electrons. The van der Waals surface area contributed by atoms with Gasteiger partial charge < -0.3 is 13.7 Å². The van der Waals surface area contributed by atoms with E-state index in [9.17, 15) is 0 Å². The maximum absolute atomic E-state index is 6.98. The molecule has 0 spiro atoms. The number of rotatable bonds is 5. The fourth-order valence-electron chi connectivity index (χ4n) is 7.94. The van der Waals surface area contributed by atoms with Crippen molar-refractivity contribution in [3.05, 3.63) is 176 Å². The third-order valence-electron chi connectivity index (χ3n) is 10.3. The van der Waals surface area contributed by atoms with Gasteiger partial charge in [-0.1, -0.05) is 121 Å². The molecular formula is C48H29NO2S. The van der Waals surface area contributed by atoms with Crippen LogP contribution in [0.4, 0.5) is 17.1 Å². The van der Waals surface area contributed by atoms with Gasteiger partial charge in [-0.05, 0) is 65.2 Å². The molecule has 244 valence electrons. The van der Waals surface area contributed by atoms with Crippen molar-refractivity contribution in [2.24, 2.45) is 0 Å². The predicted octanol–water partition coefficient (Wildman–Crippen LogP) is 14.7.